The average molecular weight is 234 g/mol. The van der Waals surface area contributed by atoms with Crippen molar-refractivity contribution in [2.24, 2.45) is 5.84 Å². The minimum absolute atomic E-state index is 0.0593. The fourth-order valence-corrected chi connectivity index (χ4v) is 2.69. The number of nitrogens with two attached hydrogens (primary N) is 1. The van der Waals surface area contributed by atoms with Crippen LogP contribution >= 0.6 is 0 Å². The van der Waals surface area contributed by atoms with Gasteiger partial charge in [0.2, 0.25) is 0 Å². The summed E-state index contributed by atoms with van der Waals surface area (Å²) >= 11 is 0. The SMILES string of the molecule is Cc1ccccc1C(NN)C1(C)CCCCO1. The van der Waals surface area contributed by atoms with Gasteiger partial charge in [0, 0.05) is 6.61 Å². The third-order valence-corrected chi connectivity index (χ3v) is 3.78. The summed E-state index contributed by atoms with van der Waals surface area (Å²) in [6.07, 6.45) is 3.41. The molecule has 0 aliphatic carbocycles. The van der Waals surface area contributed by atoms with Crippen LogP contribution in [-0.2, 0) is 4.74 Å². The summed E-state index contributed by atoms with van der Waals surface area (Å²) in [6, 6.07) is 8.41. The molecule has 1 saturated heterocycles. The highest BCUT2D eigenvalue weighted by molar-refractivity contribution is 5.30. The Morgan fingerprint density at radius 1 is 1.35 bits per heavy atom. The van der Waals surface area contributed by atoms with Crippen LogP contribution in [0, 0.1) is 6.92 Å². The fourth-order valence-electron chi connectivity index (χ4n) is 2.69. The Kier molecular flexibility index (Phi) is 3.82. The van der Waals surface area contributed by atoms with Gasteiger partial charge in [-0.15, -0.1) is 0 Å². The normalized spacial score (nSPS) is 26.8. The number of ether oxygens (including phenoxy) is 1. The van der Waals surface area contributed by atoms with Crippen molar-refractivity contribution < 1.29 is 4.74 Å². The van der Waals surface area contributed by atoms with E-state index in [2.05, 4.69) is 43.5 Å². The molecule has 1 aromatic rings. The van der Waals surface area contributed by atoms with Gasteiger partial charge >= 0.3 is 0 Å². The molecule has 0 bridgehead atoms. The maximum absolute atomic E-state index is 5.99. The third-order valence-electron chi connectivity index (χ3n) is 3.78. The number of hydrogen-bond acceptors (Lipinski definition) is 3. The molecule has 2 unspecified atom stereocenters. The van der Waals surface area contributed by atoms with Crippen LogP contribution in [0.5, 0.6) is 0 Å². The van der Waals surface area contributed by atoms with Gasteiger partial charge in [0.25, 0.3) is 0 Å². The number of aryl methyl sites for hydroxylation is 1. The second kappa shape index (κ2) is 5.17. The maximum atomic E-state index is 5.99. The molecule has 3 heteroatoms. The van der Waals surface area contributed by atoms with Gasteiger partial charge in [-0.05, 0) is 44.2 Å². The van der Waals surface area contributed by atoms with Crippen molar-refractivity contribution in [2.75, 3.05) is 6.61 Å². The Morgan fingerprint density at radius 2 is 2.12 bits per heavy atom. The molecule has 2 atom stereocenters. The van der Waals surface area contributed by atoms with E-state index < -0.39 is 0 Å². The average Bonchev–Trinajstić information content (AvgIpc) is 2.33. The molecule has 1 fully saturated rings. The van der Waals surface area contributed by atoms with Crippen LogP contribution in [0.15, 0.2) is 24.3 Å². The van der Waals surface area contributed by atoms with Crippen molar-refractivity contribution in [3.05, 3.63) is 35.4 Å². The monoisotopic (exact) mass is 234 g/mol. The fraction of sp³-hybridized carbons (Fsp3) is 0.571. The van der Waals surface area contributed by atoms with Crippen LogP contribution in [0.3, 0.4) is 0 Å². The first kappa shape index (κ1) is 12.6. The van der Waals surface area contributed by atoms with Crippen LogP contribution in [0.25, 0.3) is 0 Å². The molecule has 2 rings (SSSR count). The number of benzene rings is 1. The Balaban J connectivity index is 2.29. The second-order valence-electron chi connectivity index (χ2n) is 5.07. The summed E-state index contributed by atoms with van der Waals surface area (Å²) in [5.41, 5.74) is 5.24. The highest BCUT2D eigenvalue weighted by Crippen LogP contribution is 2.37. The Morgan fingerprint density at radius 3 is 2.71 bits per heavy atom. The lowest BCUT2D eigenvalue weighted by Crippen LogP contribution is -2.48. The molecular formula is C14H22N2O. The summed E-state index contributed by atoms with van der Waals surface area (Å²) in [5, 5.41) is 0. The standard InChI is InChI=1S/C14H22N2O/c1-11-7-3-4-8-12(11)13(16-15)14(2)9-5-6-10-17-14/h3-4,7-8,13,16H,5-6,9-10,15H2,1-2H3. The minimum Gasteiger partial charge on any atom is -0.373 e. The zero-order valence-electron chi connectivity index (χ0n) is 10.7. The molecule has 0 radical (unpaired) electrons. The maximum Gasteiger partial charge on any atom is 0.0861 e. The summed E-state index contributed by atoms with van der Waals surface area (Å²) in [7, 11) is 0. The predicted octanol–water partition coefficient (Wildman–Crippen LogP) is 2.46. The van der Waals surface area contributed by atoms with Crippen LogP contribution < -0.4 is 11.3 Å². The van der Waals surface area contributed by atoms with Gasteiger partial charge in [0.15, 0.2) is 0 Å². The predicted molar refractivity (Wildman–Crippen MR) is 69.5 cm³/mol. The number of hydrazine groups is 1. The third kappa shape index (κ3) is 2.51. The molecule has 1 aliphatic heterocycles. The number of rotatable bonds is 3. The van der Waals surface area contributed by atoms with Gasteiger partial charge in [0.1, 0.15) is 0 Å². The van der Waals surface area contributed by atoms with E-state index in [0.717, 1.165) is 19.4 Å². The molecule has 0 spiro atoms. The minimum atomic E-state index is -0.195. The smallest absolute Gasteiger partial charge is 0.0861 e. The van der Waals surface area contributed by atoms with Gasteiger partial charge in [-0.2, -0.15) is 0 Å². The van der Waals surface area contributed by atoms with Crippen LogP contribution in [-0.4, -0.2) is 12.2 Å². The lowest BCUT2D eigenvalue weighted by atomic mass is 9.83. The Bertz CT molecular complexity index is 372. The molecule has 0 amide bonds. The molecule has 17 heavy (non-hydrogen) atoms. The van der Waals surface area contributed by atoms with Crippen LogP contribution in [0.1, 0.15) is 43.4 Å². The summed E-state index contributed by atoms with van der Waals surface area (Å²) in [4.78, 5) is 0. The summed E-state index contributed by atoms with van der Waals surface area (Å²) < 4.78 is 5.99. The highest BCUT2D eigenvalue weighted by atomic mass is 16.5. The van der Waals surface area contributed by atoms with E-state index in [0.29, 0.717) is 0 Å². The van der Waals surface area contributed by atoms with Crippen molar-refractivity contribution in [3.63, 3.8) is 0 Å². The van der Waals surface area contributed by atoms with Crippen molar-refractivity contribution in [1.82, 2.24) is 5.43 Å². The molecule has 94 valence electrons. The van der Waals surface area contributed by atoms with Crippen molar-refractivity contribution in [1.29, 1.82) is 0 Å². The highest BCUT2D eigenvalue weighted by Gasteiger charge is 2.37. The van der Waals surface area contributed by atoms with E-state index in [1.165, 1.54) is 17.5 Å². The zero-order valence-corrected chi connectivity index (χ0v) is 10.7. The first-order chi connectivity index (χ1) is 8.17. The molecule has 3 nitrogen and oxygen atoms in total. The van der Waals surface area contributed by atoms with Gasteiger partial charge in [0.05, 0.1) is 11.6 Å². The molecule has 1 aromatic carbocycles. The number of hydrogen-bond donors (Lipinski definition) is 2. The summed E-state index contributed by atoms with van der Waals surface area (Å²) in [5.74, 6) is 5.76. The summed E-state index contributed by atoms with van der Waals surface area (Å²) in [6.45, 7) is 5.11. The van der Waals surface area contributed by atoms with E-state index in [1.807, 2.05) is 0 Å². The molecule has 1 aliphatic rings. The van der Waals surface area contributed by atoms with Crippen LogP contribution in [0.2, 0.25) is 0 Å². The lowest BCUT2D eigenvalue weighted by Gasteiger charge is -2.41. The van der Waals surface area contributed by atoms with Crippen molar-refractivity contribution in [2.45, 2.75) is 44.8 Å². The Hall–Kier alpha value is -0.900. The molecular weight excluding hydrogens is 212 g/mol. The molecule has 3 N–H and O–H groups in total. The van der Waals surface area contributed by atoms with Crippen molar-refractivity contribution >= 4 is 0 Å². The van der Waals surface area contributed by atoms with Crippen LogP contribution in [0.4, 0.5) is 0 Å². The quantitative estimate of drug-likeness (QED) is 0.624. The van der Waals surface area contributed by atoms with E-state index in [-0.39, 0.29) is 11.6 Å². The number of nitrogens with one attached hydrogen (secondary N) is 1. The van der Waals surface area contributed by atoms with E-state index >= 15 is 0 Å². The molecule has 1 heterocycles. The lowest BCUT2D eigenvalue weighted by molar-refractivity contribution is -0.0900. The van der Waals surface area contributed by atoms with Gasteiger partial charge < -0.3 is 4.74 Å². The van der Waals surface area contributed by atoms with E-state index in [4.69, 9.17) is 10.6 Å². The van der Waals surface area contributed by atoms with E-state index in [1.54, 1.807) is 0 Å². The van der Waals surface area contributed by atoms with Crippen molar-refractivity contribution in [3.8, 4) is 0 Å². The van der Waals surface area contributed by atoms with E-state index in [9.17, 15) is 0 Å². The zero-order chi connectivity index (χ0) is 12.3. The van der Waals surface area contributed by atoms with Gasteiger partial charge in [-0.1, -0.05) is 24.3 Å². The topological polar surface area (TPSA) is 47.3 Å². The van der Waals surface area contributed by atoms with Gasteiger partial charge in [-0.25, -0.2) is 0 Å². The van der Waals surface area contributed by atoms with Gasteiger partial charge in [-0.3, -0.25) is 11.3 Å². The largest absolute Gasteiger partial charge is 0.373 e. The second-order valence-corrected chi connectivity index (χ2v) is 5.07. The molecule has 0 aromatic heterocycles. The molecule has 0 saturated carbocycles. The Labute approximate surface area is 103 Å². The first-order valence-corrected chi connectivity index (χ1v) is 6.33. The first-order valence-electron chi connectivity index (χ1n) is 6.33.